The van der Waals surface area contributed by atoms with Crippen LogP contribution in [-0.4, -0.2) is 35.5 Å². The molecule has 0 aliphatic heterocycles. The maximum Gasteiger partial charge on any atom is 0.337 e. The van der Waals surface area contributed by atoms with Crippen LogP contribution >= 0.6 is 0 Å². The zero-order chi connectivity index (χ0) is 18.7. The number of aryl methyl sites for hydroxylation is 1. The minimum Gasteiger partial charge on any atom is -0.493 e. The molecule has 0 fully saturated rings. The molecule has 0 aliphatic rings. The Labute approximate surface area is 150 Å². The van der Waals surface area contributed by atoms with E-state index >= 15 is 0 Å². The fourth-order valence-corrected chi connectivity index (χ4v) is 2.73. The number of fused-ring (bicyclic) bond motifs is 1. The number of carbonyl (C=O) groups excluding carboxylic acids is 2. The van der Waals surface area contributed by atoms with Crippen molar-refractivity contribution >= 4 is 23.2 Å². The molecule has 3 aromatic rings. The molecule has 26 heavy (non-hydrogen) atoms. The third-order valence-electron chi connectivity index (χ3n) is 4.02. The SMILES string of the molecule is CCc1nc2c(OC)cccn2c1C(=O)Nc1ccc(C(=O)OC)cc1. The first-order chi connectivity index (χ1) is 12.6. The highest BCUT2D eigenvalue weighted by molar-refractivity contribution is 6.05. The first kappa shape index (κ1) is 17.5. The van der Waals surface area contributed by atoms with Crippen LogP contribution in [0.15, 0.2) is 42.6 Å². The van der Waals surface area contributed by atoms with Crippen molar-refractivity contribution in [1.29, 1.82) is 0 Å². The van der Waals surface area contributed by atoms with Gasteiger partial charge in [0.15, 0.2) is 11.4 Å². The van der Waals surface area contributed by atoms with Crippen LogP contribution in [0, 0.1) is 0 Å². The van der Waals surface area contributed by atoms with E-state index in [0.29, 0.717) is 40.5 Å². The van der Waals surface area contributed by atoms with Gasteiger partial charge in [-0.05, 0) is 42.8 Å². The number of aromatic nitrogens is 2. The Morgan fingerprint density at radius 1 is 1.15 bits per heavy atom. The van der Waals surface area contributed by atoms with Crippen LogP contribution in [0.25, 0.3) is 5.65 Å². The van der Waals surface area contributed by atoms with Crippen LogP contribution in [0.3, 0.4) is 0 Å². The maximum atomic E-state index is 12.8. The summed E-state index contributed by atoms with van der Waals surface area (Å²) in [6, 6.07) is 10.1. The van der Waals surface area contributed by atoms with E-state index in [9.17, 15) is 9.59 Å². The monoisotopic (exact) mass is 353 g/mol. The van der Waals surface area contributed by atoms with E-state index in [1.807, 2.05) is 6.92 Å². The number of imidazole rings is 1. The van der Waals surface area contributed by atoms with Gasteiger partial charge in [-0.1, -0.05) is 6.92 Å². The Hall–Kier alpha value is -3.35. The molecule has 0 saturated heterocycles. The molecule has 1 aromatic carbocycles. The van der Waals surface area contributed by atoms with E-state index in [1.165, 1.54) is 7.11 Å². The second-order valence-corrected chi connectivity index (χ2v) is 5.55. The summed E-state index contributed by atoms with van der Waals surface area (Å²) in [7, 11) is 2.89. The molecule has 0 unspecified atom stereocenters. The summed E-state index contributed by atoms with van der Waals surface area (Å²) in [4.78, 5) is 28.9. The average molecular weight is 353 g/mol. The topological polar surface area (TPSA) is 81.9 Å². The number of rotatable bonds is 5. The third-order valence-corrected chi connectivity index (χ3v) is 4.02. The van der Waals surface area contributed by atoms with E-state index in [4.69, 9.17) is 4.74 Å². The Kier molecular flexibility index (Phi) is 4.88. The first-order valence-electron chi connectivity index (χ1n) is 8.12. The largest absolute Gasteiger partial charge is 0.493 e. The van der Waals surface area contributed by atoms with Crippen molar-refractivity contribution in [2.75, 3.05) is 19.5 Å². The molecular formula is C19H19N3O4. The van der Waals surface area contributed by atoms with Gasteiger partial charge in [-0.15, -0.1) is 0 Å². The Bertz CT molecular complexity index is 961. The minimum atomic E-state index is -0.426. The van der Waals surface area contributed by atoms with Crippen molar-refractivity contribution in [2.24, 2.45) is 0 Å². The van der Waals surface area contributed by atoms with Gasteiger partial charge >= 0.3 is 5.97 Å². The average Bonchev–Trinajstić information content (AvgIpc) is 3.06. The van der Waals surface area contributed by atoms with Crippen LogP contribution in [0.5, 0.6) is 5.75 Å². The zero-order valence-electron chi connectivity index (χ0n) is 14.8. The standard InChI is InChI=1S/C19H19N3O4/c1-4-14-16(22-11-5-6-15(25-2)17(22)21-14)18(23)20-13-9-7-12(8-10-13)19(24)26-3/h5-11H,4H2,1-3H3,(H,20,23). The predicted molar refractivity (Wildman–Crippen MR) is 96.9 cm³/mol. The number of benzene rings is 1. The molecule has 2 aromatic heterocycles. The lowest BCUT2D eigenvalue weighted by Crippen LogP contribution is -2.16. The van der Waals surface area contributed by atoms with Gasteiger partial charge < -0.3 is 14.8 Å². The lowest BCUT2D eigenvalue weighted by atomic mass is 10.2. The van der Waals surface area contributed by atoms with Crippen molar-refractivity contribution in [3.63, 3.8) is 0 Å². The summed E-state index contributed by atoms with van der Waals surface area (Å²) in [5.74, 6) is -0.109. The smallest absolute Gasteiger partial charge is 0.337 e. The van der Waals surface area contributed by atoms with Crippen LogP contribution < -0.4 is 10.1 Å². The van der Waals surface area contributed by atoms with Crippen LogP contribution in [0.1, 0.15) is 33.5 Å². The molecule has 7 nitrogen and oxygen atoms in total. The molecule has 3 rings (SSSR count). The highest BCUT2D eigenvalue weighted by Crippen LogP contribution is 2.23. The van der Waals surface area contributed by atoms with Gasteiger partial charge in [0.05, 0.1) is 25.5 Å². The molecule has 0 radical (unpaired) electrons. The van der Waals surface area contributed by atoms with Gasteiger partial charge in [0, 0.05) is 11.9 Å². The van der Waals surface area contributed by atoms with Crippen molar-refractivity contribution in [3.05, 3.63) is 59.5 Å². The highest BCUT2D eigenvalue weighted by atomic mass is 16.5. The summed E-state index contributed by atoms with van der Waals surface area (Å²) >= 11 is 0. The normalized spacial score (nSPS) is 10.6. The number of pyridine rings is 1. The van der Waals surface area contributed by atoms with Crippen LogP contribution in [0.4, 0.5) is 5.69 Å². The van der Waals surface area contributed by atoms with Gasteiger partial charge in [-0.25, -0.2) is 9.78 Å². The summed E-state index contributed by atoms with van der Waals surface area (Å²) in [6.07, 6.45) is 2.38. The molecule has 0 atom stereocenters. The molecule has 0 saturated carbocycles. The van der Waals surface area contributed by atoms with Crippen molar-refractivity contribution in [1.82, 2.24) is 9.38 Å². The van der Waals surface area contributed by atoms with Gasteiger partial charge in [0.25, 0.3) is 5.91 Å². The number of amides is 1. The van der Waals surface area contributed by atoms with Gasteiger partial charge in [-0.3, -0.25) is 9.20 Å². The molecular weight excluding hydrogens is 334 g/mol. The second-order valence-electron chi connectivity index (χ2n) is 5.55. The molecule has 0 spiro atoms. The van der Waals surface area contributed by atoms with Crippen LogP contribution in [0.2, 0.25) is 0 Å². The van der Waals surface area contributed by atoms with E-state index < -0.39 is 5.97 Å². The van der Waals surface area contributed by atoms with E-state index in [0.717, 1.165) is 0 Å². The summed E-state index contributed by atoms with van der Waals surface area (Å²) in [5.41, 5.74) is 2.72. The number of esters is 1. The number of carbonyl (C=O) groups is 2. The quantitative estimate of drug-likeness (QED) is 0.713. The summed E-state index contributed by atoms with van der Waals surface area (Å²) in [6.45, 7) is 1.94. The minimum absolute atomic E-state index is 0.284. The molecule has 134 valence electrons. The molecule has 0 bridgehead atoms. The Morgan fingerprint density at radius 2 is 1.88 bits per heavy atom. The number of hydrogen-bond donors (Lipinski definition) is 1. The highest BCUT2D eigenvalue weighted by Gasteiger charge is 2.20. The van der Waals surface area contributed by atoms with Crippen LogP contribution in [-0.2, 0) is 11.2 Å². The molecule has 1 amide bonds. The number of methoxy groups -OCH3 is 2. The fraction of sp³-hybridized carbons (Fsp3) is 0.211. The summed E-state index contributed by atoms with van der Waals surface area (Å²) < 4.78 is 11.7. The fourth-order valence-electron chi connectivity index (χ4n) is 2.73. The van der Waals surface area contributed by atoms with E-state index in [1.54, 1.807) is 54.1 Å². The van der Waals surface area contributed by atoms with Crippen molar-refractivity contribution in [2.45, 2.75) is 13.3 Å². The molecule has 7 heteroatoms. The van der Waals surface area contributed by atoms with Gasteiger partial charge in [0.1, 0.15) is 5.69 Å². The second kappa shape index (κ2) is 7.26. The number of anilines is 1. The number of nitrogens with one attached hydrogen (secondary N) is 1. The Morgan fingerprint density at radius 3 is 2.50 bits per heavy atom. The number of nitrogens with zero attached hydrogens (tertiary/aromatic N) is 2. The maximum absolute atomic E-state index is 12.8. The third kappa shape index (κ3) is 3.11. The zero-order valence-corrected chi connectivity index (χ0v) is 14.8. The predicted octanol–water partition coefficient (Wildman–Crippen LogP) is 2.94. The van der Waals surface area contributed by atoms with E-state index in [-0.39, 0.29) is 5.91 Å². The first-order valence-corrected chi connectivity index (χ1v) is 8.12. The van der Waals surface area contributed by atoms with Crippen molar-refractivity contribution < 1.29 is 19.1 Å². The molecule has 2 heterocycles. The molecule has 1 N–H and O–H groups in total. The summed E-state index contributed by atoms with van der Waals surface area (Å²) in [5, 5.41) is 2.84. The van der Waals surface area contributed by atoms with Crippen molar-refractivity contribution in [3.8, 4) is 5.75 Å². The number of hydrogen-bond acceptors (Lipinski definition) is 5. The Balaban J connectivity index is 1.94. The molecule has 0 aliphatic carbocycles. The van der Waals surface area contributed by atoms with Gasteiger partial charge in [-0.2, -0.15) is 0 Å². The lowest BCUT2D eigenvalue weighted by Gasteiger charge is -2.08. The lowest BCUT2D eigenvalue weighted by molar-refractivity contribution is 0.0600. The van der Waals surface area contributed by atoms with E-state index in [2.05, 4.69) is 15.0 Å². The number of ether oxygens (including phenoxy) is 2. The van der Waals surface area contributed by atoms with Gasteiger partial charge in [0.2, 0.25) is 0 Å².